The third kappa shape index (κ3) is 3.18. The Morgan fingerprint density at radius 1 is 1.17 bits per heavy atom. The first-order chi connectivity index (χ1) is 8.58. The number of hydrogen-bond acceptors (Lipinski definition) is 3. The van der Waals surface area contributed by atoms with Crippen molar-refractivity contribution < 1.29 is 0 Å². The number of likely N-dealkylation sites (N-methyl/N-ethyl adjacent to an activating group) is 1. The first kappa shape index (κ1) is 13.2. The lowest BCUT2D eigenvalue weighted by Crippen LogP contribution is -2.17. The maximum atomic E-state index is 4.34. The molecule has 0 fully saturated rings. The predicted molar refractivity (Wildman–Crippen MR) is 78.3 cm³/mol. The maximum Gasteiger partial charge on any atom is 0.0897 e. The molecule has 0 saturated carbocycles. The molecule has 2 rings (SSSR count). The van der Waals surface area contributed by atoms with Crippen molar-refractivity contribution in [3.8, 4) is 0 Å². The van der Waals surface area contributed by atoms with E-state index in [1.165, 1.54) is 21.6 Å². The number of benzene rings is 1. The summed E-state index contributed by atoms with van der Waals surface area (Å²) in [5.41, 5.74) is 4.05. The molecule has 1 N–H and O–H groups in total. The van der Waals surface area contributed by atoms with Crippen molar-refractivity contribution in [1.29, 1.82) is 0 Å². The topological polar surface area (TPSA) is 24.9 Å². The van der Waals surface area contributed by atoms with Crippen LogP contribution in [0.15, 0.2) is 24.4 Å². The van der Waals surface area contributed by atoms with Gasteiger partial charge in [-0.15, -0.1) is 11.3 Å². The van der Waals surface area contributed by atoms with Crippen molar-refractivity contribution in [3.05, 3.63) is 51.0 Å². The standard InChI is InChI=1S/C15H20N2S/c1-10-5-11(2)7-13(6-10)8-14(16-4)15-9-17-12(3)18-15/h5-7,9,14,16H,8H2,1-4H3. The Balaban J connectivity index is 2.20. The smallest absolute Gasteiger partial charge is 0.0897 e. The van der Waals surface area contributed by atoms with Gasteiger partial charge in [-0.3, -0.25) is 0 Å². The lowest BCUT2D eigenvalue weighted by Gasteiger charge is -2.15. The third-order valence-corrected chi connectivity index (χ3v) is 4.08. The monoisotopic (exact) mass is 260 g/mol. The molecule has 1 atom stereocenters. The zero-order valence-electron chi connectivity index (χ0n) is 11.4. The van der Waals surface area contributed by atoms with Crippen LogP contribution in [0.4, 0.5) is 0 Å². The van der Waals surface area contributed by atoms with Gasteiger partial charge in [0.15, 0.2) is 0 Å². The van der Waals surface area contributed by atoms with E-state index < -0.39 is 0 Å². The summed E-state index contributed by atoms with van der Waals surface area (Å²) in [7, 11) is 2.02. The van der Waals surface area contributed by atoms with Crippen LogP contribution >= 0.6 is 11.3 Å². The minimum absolute atomic E-state index is 0.359. The summed E-state index contributed by atoms with van der Waals surface area (Å²) in [6.45, 7) is 6.36. The van der Waals surface area contributed by atoms with Crippen molar-refractivity contribution >= 4 is 11.3 Å². The summed E-state index contributed by atoms with van der Waals surface area (Å²) in [5, 5.41) is 4.52. The molecular formula is C15H20N2S. The minimum atomic E-state index is 0.359. The van der Waals surface area contributed by atoms with Crippen LogP contribution in [0.1, 0.15) is 32.6 Å². The van der Waals surface area contributed by atoms with Gasteiger partial charge in [0.05, 0.1) is 5.01 Å². The molecular weight excluding hydrogens is 240 g/mol. The fraction of sp³-hybridized carbons (Fsp3) is 0.400. The zero-order chi connectivity index (χ0) is 13.1. The summed E-state index contributed by atoms with van der Waals surface area (Å²) < 4.78 is 0. The Labute approximate surface area is 113 Å². The van der Waals surface area contributed by atoms with Gasteiger partial charge in [-0.25, -0.2) is 4.98 Å². The first-order valence-electron chi connectivity index (χ1n) is 6.25. The molecule has 0 radical (unpaired) electrons. The molecule has 0 bridgehead atoms. The van der Waals surface area contributed by atoms with Crippen molar-refractivity contribution in [1.82, 2.24) is 10.3 Å². The van der Waals surface area contributed by atoms with E-state index in [2.05, 4.69) is 49.3 Å². The molecule has 1 heterocycles. The fourth-order valence-electron chi connectivity index (χ4n) is 2.31. The SMILES string of the molecule is CNC(Cc1cc(C)cc(C)c1)c1cnc(C)s1. The summed E-state index contributed by atoms with van der Waals surface area (Å²) >= 11 is 1.77. The highest BCUT2D eigenvalue weighted by Crippen LogP contribution is 2.24. The van der Waals surface area contributed by atoms with Gasteiger partial charge < -0.3 is 5.32 Å². The summed E-state index contributed by atoms with van der Waals surface area (Å²) in [5.74, 6) is 0. The Hall–Kier alpha value is -1.19. The van der Waals surface area contributed by atoms with Gasteiger partial charge in [0.25, 0.3) is 0 Å². The van der Waals surface area contributed by atoms with Crippen LogP contribution in [0, 0.1) is 20.8 Å². The van der Waals surface area contributed by atoms with Crippen molar-refractivity contribution in [2.24, 2.45) is 0 Å². The zero-order valence-corrected chi connectivity index (χ0v) is 12.3. The molecule has 0 aliphatic heterocycles. The molecule has 1 aromatic heterocycles. The number of nitrogens with zero attached hydrogens (tertiary/aromatic N) is 1. The lowest BCUT2D eigenvalue weighted by atomic mass is 10.0. The number of nitrogens with one attached hydrogen (secondary N) is 1. The van der Waals surface area contributed by atoms with E-state index in [1.54, 1.807) is 11.3 Å². The third-order valence-electron chi connectivity index (χ3n) is 3.05. The highest BCUT2D eigenvalue weighted by Gasteiger charge is 2.13. The quantitative estimate of drug-likeness (QED) is 0.909. The van der Waals surface area contributed by atoms with E-state index in [1.807, 2.05) is 13.2 Å². The largest absolute Gasteiger partial charge is 0.312 e. The minimum Gasteiger partial charge on any atom is -0.312 e. The Bertz CT molecular complexity index is 511. The molecule has 18 heavy (non-hydrogen) atoms. The number of rotatable bonds is 4. The fourth-order valence-corrected chi connectivity index (χ4v) is 3.20. The van der Waals surface area contributed by atoms with Gasteiger partial charge in [0.1, 0.15) is 0 Å². The van der Waals surface area contributed by atoms with Crippen molar-refractivity contribution in [2.45, 2.75) is 33.2 Å². The van der Waals surface area contributed by atoms with Crippen LogP contribution in [-0.2, 0) is 6.42 Å². The van der Waals surface area contributed by atoms with Crippen LogP contribution < -0.4 is 5.32 Å². The molecule has 0 spiro atoms. The number of thiazole rings is 1. The van der Waals surface area contributed by atoms with Gasteiger partial charge in [-0.05, 0) is 39.8 Å². The highest BCUT2D eigenvalue weighted by atomic mass is 32.1. The molecule has 0 aliphatic carbocycles. The number of aromatic nitrogens is 1. The summed E-state index contributed by atoms with van der Waals surface area (Å²) in [4.78, 5) is 5.65. The van der Waals surface area contributed by atoms with E-state index in [-0.39, 0.29) is 0 Å². The van der Waals surface area contributed by atoms with Gasteiger partial charge in [-0.2, -0.15) is 0 Å². The summed E-state index contributed by atoms with van der Waals surface area (Å²) in [6.07, 6.45) is 3.00. The Morgan fingerprint density at radius 2 is 1.83 bits per heavy atom. The predicted octanol–water partition coefficient (Wildman–Crippen LogP) is 3.57. The van der Waals surface area contributed by atoms with Crippen LogP contribution in [-0.4, -0.2) is 12.0 Å². The second-order valence-corrected chi connectivity index (χ2v) is 6.09. The van der Waals surface area contributed by atoms with Crippen molar-refractivity contribution in [2.75, 3.05) is 7.05 Å². The Kier molecular flexibility index (Phi) is 4.15. The maximum absolute atomic E-state index is 4.34. The average molecular weight is 260 g/mol. The number of aryl methyl sites for hydroxylation is 3. The normalized spacial score (nSPS) is 12.7. The van der Waals surface area contributed by atoms with E-state index in [9.17, 15) is 0 Å². The van der Waals surface area contributed by atoms with E-state index >= 15 is 0 Å². The molecule has 1 aromatic carbocycles. The molecule has 3 heteroatoms. The molecule has 2 aromatic rings. The van der Waals surface area contributed by atoms with Gasteiger partial charge in [-0.1, -0.05) is 29.3 Å². The number of hydrogen-bond donors (Lipinski definition) is 1. The van der Waals surface area contributed by atoms with Crippen LogP contribution in [0.2, 0.25) is 0 Å². The van der Waals surface area contributed by atoms with E-state index in [4.69, 9.17) is 0 Å². The molecule has 2 nitrogen and oxygen atoms in total. The highest BCUT2D eigenvalue weighted by molar-refractivity contribution is 7.11. The van der Waals surface area contributed by atoms with Crippen LogP contribution in [0.25, 0.3) is 0 Å². The lowest BCUT2D eigenvalue weighted by molar-refractivity contribution is 0.600. The van der Waals surface area contributed by atoms with E-state index in [0.717, 1.165) is 11.4 Å². The average Bonchev–Trinajstić information content (AvgIpc) is 2.71. The van der Waals surface area contributed by atoms with Gasteiger partial charge >= 0.3 is 0 Å². The van der Waals surface area contributed by atoms with Crippen LogP contribution in [0.5, 0.6) is 0 Å². The Morgan fingerprint density at radius 3 is 2.33 bits per heavy atom. The molecule has 0 aliphatic rings. The second kappa shape index (κ2) is 5.63. The summed E-state index contributed by atoms with van der Waals surface area (Å²) in [6, 6.07) is 7.11. The molecule has 96 valence electrons. The van der Waals surface area contributed by atoms with E-state index in [0.29, 0.717) is 6.04 Å². The molecule has 1 unspecified atom stereocenters. The van der Waals surface area contributed by atoms with Crippen LogP contribution in [0.3, 0.4) is 0 Å². The van der Waals surface area contributed by atoms with Gasteiger partial charge in [0.2, 0.25) is 0 Å². The first-order valence-corrected chi connectivity index (χ1v) is 7.07. The molecule has 0 amide bonds. The van der Waals surface area contributed by atoms with Crippen molar-refractivity contribution in [3.63, 3.8) is 0 Å². The second-order valence-electron chi connectivity index (χ2n) is 4.82. The molecule has 0 saturated heterocycles. The van der Waals surface area contributed by atoms with Gasteiger partial charge in [0, 0.05) is 17.1 Å².